The van der Waals surface area contributed by atoms with Crippen LogP contribution >= 0.6 is 0 Å². The highest BCUT2D eigenvalue weighted by molar-refractivity contribution is 6.08. The molecular weight excluding hydrogens is 418 g/mol. The molecule has 6 nitrogen and oxygen atoms in total. The summed E-state index contributed by atoms with van der Waals surface area (Å²) in [5, 5.41) is 2.69. The van der Waals surface area contributed by atoms with Crippen LogP contribution in [0.1, 0.15) is 17.3 Å². The van der Waals surface area contributed by atoms with E-state index in [1.54, 1.807) is 19.1 Å². The van der Waals surface area contributed by atoms with Crippen molar-refractivity contribution in [1.29, 1.82) is 0 Å². The van der Waals surface area contributed by atoms with E-state index in [1.165, 1.54) is 0 Å². The second-order valence-corrected chi connectivity index (χ2v) is 7.11. The van der Waals surface area contributed by atoms with Crippen molar-refractivity contribution in [2.24, 2.45) is 0 Å². The van der Waals surface area contributed by atoms with Gasteiger partial charge >= 0.3 is 5.97 Å². The maximum atomic E-state index is 13.0. The summed E-state index contributed by atoms with van der Waals surface area (Å²) in [6.45, 7) is 1.67. The number of carbonyl (C=O) groups excluding carboxylic acids is 2. The maximum absolute atomic E-state index is 13.0. The molecule has 1 N–H and O–H groups in total. The van der Waals surface area contributed by atoms with Gasteiger partial charge in [0.1, 0.15) is 17.1 Å². The fourth-order valence-corrected chi connectivity index (χ4v) is 3.42. The van der Waals surface area contributed by atoms with Crippen molar-refractivity contribution in [3.05, 3.63) is 96.6 Å². The molecule has 0 spiro atoms. The third-order valence-corrected chi connectivity index (χ3v) is 4.85. The maximum Gasteiger partial charge on any atom is 0.344 e. The van der Waals surface area contributed by atoms with Crippen LogP contribution in [0.25, 0.3) is 22.5 Å². The Morgan fingerprint density at radius 2 is 1.39 bits per heavy atom. The van der Waals surface area contributed by atoms with Crippen LogP contribution < -0.4 is 10.1 Å². The number of esters is 1. The van der Waals surface area contributed by atoms with Gasteiger partial charge in [-0.25, -0.2) is 4.79 Å². The van der Waals surface area contributed by atoms with Crippen LogP contribution in [0.5, 0.6) is 5.75 Å². The summed E-state index contributed by atoms with van der Waals surface area (Å²) >= 11 is 0. The van der Waals surface area contributed by atoms with E-state index >= 15 is 0 Å². The molecule has 0 atom stereocenters. The molecule has 4 aromatic rings. The number of hydrogen-bond acceptors (Lipinski definition) is 5. The van der Waals surface area contributed by atoms with E-state index in [0.717, 1.165) is 11.1 Å². The second kappa shape index (κ2) is 10.3. The number of rotatable bonds is 8. The minimum absolute atomic E-state index is 0.0211. The molecule has 0 bridgehead atoms. The Hall–Kier alpha value is -4.32. The van der Waals surface area contributed by atoms with Gasteiger partial charge in [-0.15, -0.1) is 0 Å². The molecule has 33 heavy (non-hydrogen) atoms. The predicted octanol–water partition coefficient (Wildman–Crippen LogP) is 5.81. The highest BCUT2D eigenvalue weighted by Crippen LogP contribution is 2.42. The summed E-state index contributed by atoms with van der Waals surface area (Å²) in [7, 11) is 0. The van der Waals surface area contributed by atoms with Crippen LogP contribution in [-0.2, 0) is 9.53 Å². The van der Waals surface area contributed by atoms with E-state index in [9.17, 15) is 9.59 Å². The lowest BCUT2D eigenvalue weighted by atomic mass is 9.98. The van der Waals surface area contributed by atoms with Crippen molar-refractivity contribution in [3.8, 4) is 28.2 Å². The zero-order valence-electron chi connectivity index (χ0n) is 18.1. The first kappa shape index (κ1) is 21.9. The molecule has 0 aliphatic heterocycles. The summed E-state index contributed by atoms with van der Waals surface area (Å²) in [6.07, 6.45) is 0. The standard InChI is InChI=1S/C27H23NO5/c1-2-31-27(30)24-23(19-12-6-3-7-13-19)25(20-14-8-4-9-15-20)33-26(24)28-22(29)18-32-21-16-10-5-11-17-21/h3-17H,2,18H2,1H3,(H,28,29). The Balaban J connectivity index is 1.75. The molecule has 0 fully saturated rings. The quantitative estimate of drug-likeness (QED) is 0.349. The minimum atomic E-state index is -0.582. The molecule has 0 radical (unpaired) electrons. The number of para-hydroxylation sites is 1. The normalized spacial score (nSPS) is 10.5. The molecule has 0 aliphatic carbocycles. The predicted molar refractivity (Wildman–Crippen MR) is 126 cm³/mol. The van der Waals surface area contributed by atoms with E-state index in [0.29, 0.717) is 17.1 Å². The van der Waals surface area contributed by atoms with Crippen molar-refractivity contribution in [2.75, 3.05) is 18.5 Å². The third-order valence-electron chi connectivity index (χ3n) is 4.85. The monoisotopic (exact) mass is 441 g/mol. The number of carbonyl (C=O) groups is 2. The van der Waals surface area contributed by atoms with E-state index < -0.39 is 11.9 Å². The molecular formula is C27H23NO5. The van der Waals surface area contributed by atoms with Crippen LogP contribution in [0.15, 0.2) is 95.4 Å². The van der Waals surface area contributed by atoms with Gasteiger partial charge in [0.15, 0.2) is 6.61 Å². The number of nitrogens with one attached hydrogen (secondary N) is 1. The average Bonchev–Trinajstić information content (AvgIpc) is 3.24. The molecule has 0 aliphatic rings. The van der Waals surface area contributed by atoms with Gasteiger partial charge in [0, 0.05) is 11.1 Å². The molecule has 0 saturated carbocycles. The first-order valence-electron chi connectivity index (χ1n) is 10.6. The zero-order valence-corrected chi connectivity index (χ0v) is 18.1. The molecule has 4 rings (SSSR count). The van der Waals surface area contributed by atoms with E-state index in [2.05, 4.69) is 5.32 Å². The highest BCUT2D eigenvalue weighted by atomic mass is 16.5. The van der Waals surface area contributed by atoms with Crippen molar-refractivity contribution in [2.45, 2.75) is 6.92 Å². The lowest BCUT2D eigenvalue weighted by Crippen LogP contribution is -2.21. The molecule has 6 heteroatoms. The van der Waals surface area contributed by atoms with Gasteiger partial charge in [0.2, 0.25) is 5.88 Å². The largest absolute Gasteiger partial charge is 0.484 e. The third kappa shape index (κ3) is 5.13. The molecule has 0 saturated heterocycles. The van der Waals surface area contributed by atoms with Crippen molar-refractivity contribution in [1.82, 2.24) is 0 Å². The smallest absolute Gasteiger partial charge is 0.344 e. The summed E-state index contributed by atoms with van der Waals surface area (Å²) in [5.74, 6) is 0.00328. The fourth-order valence-electron chi connectivity index (χ4n) is 3.42. The molecule has 166 valence electrons. The zero-order chi connectivity index (χ0) is 23.0. The van der Waals surface area contributed by atoms with Gasteiger partial charge in [-0.2, -0.15) is 0 Å². The Kier molecular flexibility index (Phi) is 6.85. The number of furan rings is 1. The van der Waals surface area contributed by atoms with Gasteiger partial charge in [0.05, 0.1) is 6.61 Å². The topological polar surface area (TPSA) is 77.8 Å². The van der Waals surface area contributed by atoms with Gasteiger partial charge in [-0.1, -0.05) is 78.9 Å². The number of hydrogen-bond donors (Lipinski definition) is 1. The molecule has 0 unspecified atom stereocenters. The Morgan fingerprint density at radius 1 is 0.818 bits per heavy atom. The highest BCUT2D eigenvalue weighted by Gasteiger charge is 2.29. The van der Waals surface area contributed by atoms with Crippen LogP contribution in [0.4, 0.5) is 5.88 Å². The van der Waals surface area contributed by atoms with E-state index in [4.69, 9.17) is 13.9 Å². The second-order valence-electron chi connectivity index (χ2n) is 7.11. The first-order valence-corrected chi connectivity index (χ1v) is 10.6. The summed E-state index contributed by atoms with van der Waals surface area (Å²) in [5.41, 5.74) is 2.25. The lowest BCUT2D eigenvalue weighted by molar-refractivity contribution is -0.118. The van der Waals surface area contributed by atoms with Gasteiger partial charge in [-0.05, 0) is 24.6 Å². The van der Waals surface area contributed by atoms with Crippen LogP contribution in [-0.4, -0.2) is 25.1 Å². The van der Waals surface area contributed by atoms with Gasteiger partial charge in [0.25, 0.3) is 5.91 Å². The summed E-state index contributed by atoms with van der Waals surface area (Å²) in [4.78, 5) is 25.7. The summed E-state index contributed by atoms with van der Waals surface area (Å²) < 4.78 is 16.9. The molecule has 1 aromatic heterocycles. The lowest BCUT2D eigenvalue weighted by Gasteiger charge is -2.08. The van der Waals surface area contributed by atoms with Crippen molar-refractivity contribution in [3.63, 3.8) is 0 Å². The molecule has 3 aromatic carbocycles. The molecule has 1 heterocycles. The van der Waals surface area contributed by atoms with Crippen LogP contribution in [0, 0.1) is 0 Å². The first-order chi connectivity index (χ1) is 16.2. The van der Waals surface area contributed by atoms with Gasteiger partial charge in [-0.3, -0.25) is 10.1 Å². The Bertz CT molecular complexity index is 1220. The number of benzene rings is 3. The van der Waals surface area contributed by atoms with E-state index in [1.807, 2.05) is 78.9 Å². The Morgan fingerprint density at radius 3 is 2.00 bits per heavy atom. The Labute approximate surface area is 191 Å². The number of ether oxygens (including phenoxy) is 2. The van der Waals surface area contributed by atoms with Crippen molar-refractivity contribution >= 4 is 17.8 Å². The van der Waals surface area contributed by atoms with Crippen LogP contribution in [0.3, 0.4) is 0 Å². The average molecular weight is 441 g/mol. The van der Waals surface area contributed by atoms with Gasteiger partial charge < -0.3 is 13.9 Å². The number of anilines is 1. The van der Waals surface area contributed by atoms with Crippen molar-refractivity contribution < 1.29 is 23.5 Å². The number of amides is 1. The van der Waals surface area contributed by atoms with E-state index in [-0.39, 0.29) is 24.7 Å². The van der Waals surface area contributed by atoms with Crippen LogP contribution in [0.2, 0.25) is 0 Å². The molecule has 1 amide bonds. The summed E-state index contributed by atoms with van der Waals surface area (Å²) in [6, 6.07) is 27.8. The minimum Gasteiger partial charge on any atom is -0.484 e. The SMILES string of the molecule is CCOC(=O)c1c(NC(=O)COc2ccccc2)oc(-c2ccccc2)c1-c1ccccc1. The fraction of sp³-hybridized carbons (Fsp3) is 0.111.